The first-order valence-electron chi connectivity index (χ1n) is 9.40. The van der Waals surface area contributed by atoms with E-state index in [0.717, 1.165) is 28.2 Å². The first kappa shape index (κ1) is 18.6. The second-order valence-corrected chi connectivity index (χ2v) is 6.89. The third-order valence-electron chi connectivity index (χ3n) is 4.70. The van der Waals surface area contributed by atoms with Crippen LogP contribution in [-0.4, -0.2) is 30.5 Å². The summed E-state index contributed by atoms with van der Waals surface area (Å²) in [5, 5.41) is 11.9. The van der Waals surface area contributed by atoms with Gasteiger partial charge < -0.3 is 5.32 Å². The molecule has 0 saturated carbocycles. The summed E-state index contributed by atoms with van der Waals surface area (Å²) in [6.45, 7) is 5.94. The number of rotatable bonds is 5. The van der Waals surface area contributed by atoms with Gasteiger partial charge in [-0.1, -0.05) is 36.4 Å². The molecule has 0 unspecified atom stereocenters. The number of pyridine rings is 1. The van der Waals surface area contributed by atoms with Crippen molar-refractivity contribution in [3.63, 3.8) is 0 Å². The zero-order chi connectivity index (χ0) is 20.4. The number of carbonyl (C=O) groups is 1. The van der Waals surface area contributed by atoms with E-state index >= 15 is 0 Å². The van der Waals surface area contributed by atoms with Gasteiger partial charge in [0.1, 0.15) is 12.4 Å². The maximum atomic E-state index is 12.8. The lowest BCUT2D eigenvalue weighted by molar-refractivity contribution is -0.117. The number of aryl methyl sites for hydroxylation is 2. The molecule has 7 heteroatoms. The number of hydrogen-bond donors (Lipinski definition) is 1. The molecule has 7 nitrogen and oxygen atoms in total. The molecule has 3 heterocycles. The Morgan fingerprint density at radius 2 is 1.76 bits per heavy atom. The molecule has 3 aromatic heterocycles. The van der Waals surface area contributed by atoms with Crippen LogP contribution in [0.5, 0.6) is 0 Å². The Morgan fingerprint density at radius 3 is 2.48 bits per heavy atom. The lowest BCUT2D eigenvalue weighted by Crippen LogP contribution is -2.22. The fourth-order valence-electron chi connectivity index (χ4n) is 3.43. The van der Waals surface area contributed by atoms with E-state index < -0.39 is 0 Å². The molecule has 29 heavy (non-hydrogen) atoms. The van der Waals surface area contributed by atoms with Crippen LogP contribution in [0.25, 0.3) is 16.9 Å². The van der Waals surface area contributed by atoms with Crippen LogP contribution in [0, 0.1) is 20.8 Å². The molecule has 0 bridgehead atoms. The van der Waals surface area contributed by atoms with E-state index in [1.54, 1.807) is 15.6 Å². The minimum atomic E-state index is -0.174. The number of benzene rings is 1. The summed E-state index contributed by atoms with van der Waals surface area (Å²) in [4.78, 5) is 17.1. The predicted octanol–water partition coefficient (Wildman–Crippen LogP) is 3.69. The van der Waals surface area contributed by atoms with E-state index in [0.29, 0.717) is 11.6 Å². The predicted molar refractivity (Wildman–Crippen MR) is 112 cm³/mol. The minimum Gasteiger partial charge on any atom is -0.309 e. The highest BCUT2D eigenvalue weighted by Crippen LogP contribution is 2.26. The summed E-state index contributed by atoms with van der Waals surface area (Å²) < 4.78 is 3.37. The summed E-state index contributed by atoms with van der Waals surface area (Å²) in [7, 11) is 0. The molecular formula is C22H22N6O. The number of carbonyl (C=O) groups excluding carboxylic acids is 1. The van der Waals surface area contributed by atoms with Crippen molar-refractivity contribution in [1.29, 1.82) is 0 Å². The summed E-state index contributed by atoms with van der Waals surface area (Å²) in [6.07, 6.45) is 1.69. The number of hydrogen-bond acceptors (Lipinski definition) is 4. The zero-order valence-corrected chi connectivity index (χ0v) is 16.6. The van der Waals surface area contributed by atoms with Crippen molar-refractivity contribution in [3.05, 3.63) is 77.9 Å². The number of nitrogens with zero attached hydrogens (tertiary/aromatic N) is 5. The smallest absolute Gasteiger partial charge is 0.247 e. The molecule has 1 N–H and O–H groups in total. The van der Waals surface area contributed by atoms with Gasteiger partial charge in [0.2, 0.25) is 5.91 Å². The van der Waals surface area contributed by atoms with E-state index in [1.165, 1.54) is 0 Å². The van der Waals surface area contributed by atoms with Gasteiger partial charge in [-0.15, -0.1) is 0 Å². The Hall–Kier alpha value is -3.74. The van der Waals surface area contributed by atoms with Gasteiger partial charge in [0.25, 0.3) is 0 Å². The van der Waals surface area contributed by atoms with Gasteiger partial charge >= 0.3 is 0 Å². The summed E-state index contributed by atoms with van der Waals surface area (Å²) in [5.74, 6) is 1.05. The molecule has 0 saturated heterocycles. The lowest BCUT2D eigenvalue weighted by Gasteiger charge is -2.09. The Bertz CT molecular complexity index is 1150. The van der Waals surface area contributed by atoms with Gasteiger partial charge in [0.05, 0.1) is 11.4 Å². The maximum absolute atomic E-state index is 12.8. The van der Waals surface area contributed by atoms with Crippen molar-refractivity contribution in [1.82, 2.24) is 24.5 Å². The van der Waals surface area contributed by atoms with E-state index in [4.69, 9.17) is 0 Å². The van der Waals surface area contributed by atoms with Crippen molar-refractivity contribution >= 4 is 11.7 Å². The van der Waals surface area contributed by atoms with E-state index in [1.807, 2.05) is 63.2 Å². The fourth-order valence-corrected chi connectivity index (χ4v) is 3.43. The molecule has 0 spiro atoms. The van der Waals surface area contributed by atoms with Crippen LogP contribution in [0.4, 0.5) is 5.82 Å². The highest BCUT2D eigenvalue weighted by Gasteiger charge is 2.17. The van der Waals surface area contributed by atoms with Crippen LogP contribution in [0.15, 0.2) is 60.8 Å². The Kier molecular flexibility index (Phi) is 4.95. The number of aromatic nitrogens is 5. The minimum absolute atomic E-state index is 0.117. The molecule has 0 aliphatic heterocycles. The molecule has 1 amide bonds. The Labute approximate surface area is 169 Å². The zero-order valence-electron chi connectivity index (χ0n) is 16.6. The van der Waals surface area contributed by atoms with Crippen LogP contribution in [0.1, 0.15) is 17.1 Å². The van der Waals surface area contributed by atoms with Crippen molar-refractivity contribution < 1.29 is 4.79 Å². The molecule has 0 atom stereocenters. The monoisotopic (exact) mass is 386 g/mol. The van der Waals surface area contributed by atoms with E-state index in [-0.39, 0.29) is 12.5 Å². The molecule has 4 rings (SSSR count). The standard InChI is InChI=1S/C22H22N6O/c1-15-13-20(28(25-15)19-11-7-8-12-23-19)24-21(29)14-27-17(3)22(16(2)26-27)18-9-5-4-6-10-18/h4-13H,14H2,1-3H3,(H,24,29). The second-order valence-electron chi connectivity index (χ2n) is 6.89. The number of anilines is 1. The molecule has 0 fully saturated rings. The largest absolute Gasteiger partial charge is 0.309 e. The molecule has 1 aromatic carbocycles. The van der Waals surface area contributed by atoms with Crippen LogP contribution >= 0.6 is 0 Å². The number of amides is 1. The van der Waals surface area contributed by atoms with Gasteiger partial charge in [-0.2, -0.15) is 14.9 Å². The fraction of sp³-hybridized carbons (Fsp3) is 0.182. The maximum Gasteiger partial charge on any atom is 0.247 e. The third-order valence-corrected chi connectivity index (χ3v) is 4.70. The summed E-state index contributed by atoms with van der Waals surface area (Å²) >= 11 is 0. The van der Waals surface area contributed by atoms with Crippen LogP contribution in [-0.2, 0) is 11.3 Å². The van der Waals surface area contributed by atoms with Crippen LogP contribution in [0.2, 0.25) is 0 Å². The summed E-state index contributed by atoms with van der Waals surface area (Å²) in [5.41, 5.74) is 4.81. The molecule has 4 aromatic rings. The first-order valence-corrected chi connectivity index (χ1v) is 9.40. The highest BCUT2D eigenvalue weighted by molar-refractivity contribution is 5.90. The normalized spacial score (nSPS) is 10.9. The van der Waals surface area contributed by atoms with E-state index in [9.17, 15) is 4.79 Å². The van der Waals surface area contributed by atoms with Crippen molar-refractivity contribution in [2.45, 2.75) is 27.3 Å². The summed E-state index contributed by atoms with van der Waals surface area (Å²) in [6, 6.07) is 17.5. The van der Waals surface area contributed by atoms with Crippen LogP contribution in [0.3, 0.4) is 0 Å². The average Bonchev–Trinajstić information content (AvgIpc) is 3.21. The average molecular weight is 386 g/mol. The van der Waals surface area contributed by atoms with Gasteiger partial charge in [0.15, 0.2) is 5.82 Å². The van der Waals surface area contributed by atoms with Gasteiger partial charge in [-0.25, -0.2) is 4.98 Å². The Morgan fingerprint density at radius 1 is 1.00 bits per heavy atom. The number of nitrogens with one attached hydrogen (secondary N) is 1. The van der Waals surface area contributed by atoms with Crippen molar-refractivity contribution in [3.8, 4) is 16.9 Å². The van der Waals surface area contributed by atoms with Crippen molar-refractivity contribution in [2.75, 3.05) is 5.32 Å². The second kappa shape index (κ2) is 7.71. The molecular weight excluding hydrogens is 364 g/mol. The molecule has 0 radical (unpaired) electrons. The van der Waals surface area contributed by atoms with Gasteiger partial charge in [-0.3, -0.25) is 9.48 Å². The SMILES string of the molecule is Cc1cc(NC(=O)Cn2nc(C)c(-c3ccccc3)c2C)n(-c2ccccn2)n1. The quantitative estimate of drug-likeness (QED) is 0.567. The molecule has 0 aliphatic carbocycles. The Balaban J connectivity index is 1.56. The first-order chi connectivity index (χ1) is 14.0. The van der Waals surface area contributed by atoms with E-state index in [2.05, 4.69) is 32.6 Å². The van der Waals surface area contributed by atoms with Crippen molar-refractivity contribution in [2.24, 2.45) is 0 Å². The third kappa shape index (κ3) is 3.80. The van der Waals surface area contributed by atoms with Gasteiger partial charge in [-0.05, 0) is 38.5 Å². The van der Waals surface area contributed by atoms with Crippen LogP contribution < -0.4 is 5.32 Å². The molecule has 0 aliphatic rings. The van der Waals surface area contributed by atoms with Gasteiger partial charge in [0, 0.05) is 23.5 Å². The lowest BCUT2D eigenvalue weighted by atomic mass is 10.0. The highest BCUT2D eigenvalue weighted by atomic mass is 16.2. The molecule has 146 valence electrons. The topological polar surface area (TPSA) is 77.6 Å².